The van der Waals surface area contributed by atoms with Crippen LogP contribution in [-0.2, 0) is 24.9 Å². The molecule has 206 valence electrons. The average Bonchev–Trinajstić information content (AvgIpc) is 3.56. The van der Waals surface area contributed by atoms with Crippen molar-refractivity contribution in [2.75, 3.05) is 0 Å². The Bertz CT molecular complexity index is 1810. The molecule has 0 amide bonds. The summed E-state index contributed by atoms with van der Waals surface area (Å²) < 4.78 is 5.94. The highest BCUT2D eigenvalue weighted by molar-refractivity contribution is 5.78. The van der Waals surface area contributed by atoms with E-state index in [9.17, 15) is 4.79 Å². The van der Waals surface area contributed by atoms with Crippen molar-refractivity contribution in [3.8, 4) is 11.3 Å². The summed E-state index contributed by atoms with van der Waals surface area (Å²) >= 11 is 0. The van der Waals surface area contributed by atoms with E-state index in [1.807, 2.05) is 76.2 Å². The molecule has 0 radical (unpaired) electrons. The monoisotopic (exact) mass is 541 g/mol. The third-order valence-corrected chi connectivity index (χ3v) is 7.70. The van der Waals surface area contributed by atoms with Crippen LogP contribution < -0.4 is 5.56 Å². The van der Waals surface area contributed by atoms with Gasteiger partial charge >= 0.3 is 0 Å². The number of rotatable bonds is 8. The molecule has 6 rings (SSSR count). The van der Waals surface area contributed by atoms with E-state index in [4.69, 9.17) is 0 Å². The smallest absolute Gasteiger partial charge is 0.274 e. The van der Waals surface area contributed by atoms with Gasteiger partial charge in [0.2, 0.25) is 0 Å². The van der Waals surface area contributed by atoms with Crippen LogP contribution in [0.2, 0.25) is 0 Å². The molecule has 2 heterocycles. The van der Waals surface area contributed by atoms with Gasteiger partial charge in [0.05, 0.1) is 36.2 Å². The largest absolute Gasteiger partial charge is 0.277 e. The standard InChI is InChI=1S/C35H35N5O/c1-35(2,3)29-20-18-28(19-21-29)32-25-38(37-36-32)24-30(22-26-12-6-4-7-13-26)40-34(41)31-16-10-11-17-33(31)39(40)23-27-14-8-5-9-15-27/h4-21,25,30H,22-24H2,1-3H3/t30-/m0/s1. The van der Waals surface area contributed by atoms with Crippen LogP contribution in [0.3, 0.4) is 0 Å². The number of nitrogens with zero attached hydrogens (tertiary/aromatic N) is 5. The summed E-state index contributed by atoms with van der Waals surface area (Å²) in [6.07, 6.45) is 2.67. The van der Waals surface area contributed by atoms with E-state index in [1.165, 1.54) is 11.1 Å². The topological polar surface area (TPSA) is 57.6 Å². The second kappa shape index (κ2) is 11.0. The maximum atomic E-state index is 14.0. The van der Waals surface area contributed by atoms with Crippen LogP contribution in [-0.4, -0.2) is 24.4 Å². The lowest BCUT2D eigenvalue weighted by Crippen LogP contribution is -2.32. The van der Waals surface area contributed by atoms with E-state index in [0.717, 1.165) is 27.7 Å². The minimum absolute atomic E-state index is 0.00979. The molecule has 0 saturated heterocycles. The summed E-state index contributed by atoms with van der Waals surface area (Å²) in [5, 5.41) is 9.74. The van der Waals surface area contributed by atoms with Crippen molar-refractivity contribution in [1.29, 1.82) is 0 Å². The molecule has 1 atom stereocenters. The Labute approximate surface area is 240 Å². The Morgan fingerprint density at radius 1 is 0.756 bits per heavy atom. The summed E-state index contributed by atoms with van der Waals surface area (Å²) in [7, 11) is 0. The van der Waals surface area contributed by atoms with Crippen LogP contribution in [0.25, 0.3) is 22.2 Å². The fraction of sp³-hybridized carbons (Fsp3) is 0.229. The van der Waals surface area contributed by atoms with Gasteiger partial charge in [-0.15, -0.1) is 5.10 Å². The molecule has 6 heteroatoms. The second-order valence-corrected chi connectivity index (χ2v) is 11.7. The van der Waals surface area contributed by atoms with Crippen molar-refractivity contribution in [2.24, 2.45) is 0 Å². The zero-order valence-electron chi connectivity index (χ0n) is 23.8. The van der Waals surface area contributed by atoms with Crippen LogP contribution in [0.1, 0.15) is 43.5 Å². The van der Waals surface area contributed by atoms with E-state index in [2.05, 4.69) is 84.3 Å². The number of aromatic nitrogens is 5. The molecule has 0 aliphatic heterocycles. The fourth-order valence-corrected chi connectivity index (χ4v) is 5.50. The summed E-state index contributed by atoms with van der Waals surface area (Å²) in [6.45, 7) is 7.74. The van der Waals surface area contributed by atoms with Gasteiger partial charge < -0.3 is 0 Å². The molecule has 0 N–H and O–H groups in total. The first-order chi connectivity index (χ1) is 19.9. The van der Waals surface area contributed by atoms with Gasteiger partial charge in [0.1, 0.15) is 5.69 Å². The number of hydrogen-bond donors (Lipinski definition) is 0. The molecule has 6 aromatic rings. The second-order valence-electron chi connectivity index (χ2n) is 11.7. The fourth-order valence-electron chi connectivity index (χ4n) is 5.50. The molecular weight excluding hydrogens is 506 g/mol. The summed E-state index contributed by atoms with van der Waals surface area (Å²) in [4.78, 5) is 14.0. The minimum Gasteiger partial charge on any atom is -0.277 e. The van der Waals surface area contributed by atoms with Crippen LogP contribution in [0.4, 0.5) is 0 Å². The van der Waals surface area contributed by atoms with Crippen molar-refractivity contribution in [2.45, 2.75) is 51.7 Å². The SMILES string of the molecule is CC(C)(C)c1ccc(-c2cn(C[C@H](Cc3ccccc3)n3c(=O)c4ccccc4n3Cc3ccccc3)nn2)cc1. The summed E-state index contributed by atoms with van der Waals surface area (Å²) in [5.74, 6) is 0. The third-order valence-electron chi connectivity index (χ3n) is 7.70. The molecule has 0 bridgehead atoms. The van der Waals surface area contributed by atoms with Gasteiger partial charge in [0.15, 0.2) is 0 Å². The molecule has 0 saturated carbocycles. The lowest BCUT2D eigenvalue weighted by Gasteiger charge is -2.23. The number of fused-ring (bicyclic) bond motifs is 1. The molecule has 0 spiro atoms. The predicted octanol–water partition coefficient (Wildman–Crippen LogP) is 6.89. The van der Waals surface area contributed by atoms with Crippen molar-refractivity contribution in [3.63, 3.8) is 0 Å². The minimum atomic E-state index is -0.182. The summed E-state index contributed by atoms with van der Waals surface area (Å²) in [5.41, 5.74) is 6.46. The van der Waals surface area contributed by atoms with Crippen LogP contribution in [0, 0.1) is 0 Å². The van der Waals surface area contributed by atoms with Gasteiger partial charge in [-0.2, -0.15) is 0 Å². The highest BCUT2D eigenvalue weighted by Crippen LogP contribution is 2.26. The van der Waals surface area contributed by atoms with E-state index >= 15 is 0 Å². The van der Waals surface area contributed by atoms with Crippen LogP contribution in [0.5, 0.6) is 0 Å². The van der Waals surface area contributed by atoms with Gasteiger partial charge in [0.25, 0.3) is 5.56 Å². The molecular formula is C35H35N5O. The predicted molar refractivity (Wildman–Crippen MR) is 165 cm³/mol. The van der Waals surface area contributed by atoms with Crippen LogP contribution >= 0.6 is 0 Å². The van der Waals surface area contributed by atoms with Gasteiger partial charge in [-0.3, -0.25) is 9.48 Å². The van der Waals surface area contributed by atoms with E-state index in [-0.39, 0.29) is 17.0 Å². The van der Waals surface area contributed by atoms with Crippen molar-refractivity contribution >= 4 is 10.9 Å². The van der Waals surface area contributed by atoms with Crippen molar-refractivity contribution in [1.82, 2.24) is 24.4 Å². The average molecular weight is 542 g/mol. The molecule has 0 aliphatic rings. The van der Waals surface area contributed by atoms with Gasteiger partial charge in [-0.05, 0) is 40.7 Å². The van der Waals surface area contributed by atoms with E-state index < -0.39 is 0 Å². The van der Waals surface area contributed by atoms with E-state index in [0.29, 0.717) is 19.5 Å². The Morgan fingerprint density at radius 2 is 1.39 bits per heavy atom. The maximum Gasteiger partial charge on any atom is 0.274 e. The molecule has 2 aromatic heterocycles. The molecule has 6 nitrogen and oxygen atoms in total. The zero-order valence-corrected chi connectivity index (χ0v) is 23.8. The van der Waals surface area contributed by atoms with Crippen LogP contribution in [0.15, 0.2) is 120 Å². The summed E-state index contributed by atoms with van der Waals surface area (Å²) in [6, 6.07) is 36.9. The number of benzene rings is 4. The first-order valence-electron chi connectivity index (χ1n) is 14.2. The number of para-hydroxylation sites is 1. The van der Waals surface area contributed by atoms with E-state index in [1.54, 1.807) is 0 Å². The highest BCUT2D eigenvalue weighted by atomic mass is 16.1. The van der Waals surface area contributed by atoms with Crippen molar-refractivity contribution in [3.05, 3.63) is 142 Å². The molecule has 0 aliphatic carbocycles. The third kappa shape index (κ3) is 5.64. The Morgan fingerprint density at radius 3 is 2.07 bits per heavy atom. The normalized spacial score (nSPS) is 12.6. The van der Waals surface area contributed by atoms with Gasteiger partial charge in [-0.1, -0.05) is 123 Å². The van der Waals surface area contributed by atoms with Crippen molar-refractivity contribution < 1.29 is 0 Å². The Hall–Kier alpha value is -4.71. The quantitative estimate of drug-likeness (QED) is 0.211. The first kappa shape index (κ1) is 26.5. The Balaban J connectivity index is 1.40. The lowest BCUT2D eigenvalue weighted by atomic mass is 9.86. The molecule has 4 aromatic carbocycles. The molecule has 0 fully saturated rings. The maximum absolute atomic E-state index is 14.0. The molecule has 0 unspecified atom stereocenters. The van der Waals surface area contributed by atoms with Gasteiger partial charge in [0, 0.05) is 5.56 Å². The lowest BCUT2D eigenvalue weighted by molar-refractivity contribution is 0.324. The number of hydrogen-bond acceptors (Lipinski definition) is 3. The highest BCUT2D eigenvalue weighted by Gasteiger charge is 2.23. The first-order valence-corrected chi connectivity index (χ1v) is 14.2. The Kier molecular flexibility index (Phi) is 7.14. The zero-order chi connectivity index (χ0) is 28.4. The molecule has 41 heavy (non-hydrogen) atoms. The van der Waals surface area contributed by atoms with Gasteiger partial charge in [-0.25, -0.2) is 9.36 Å².